The van der Waals surface area contributed by atoms with Crippen molar-refractivity contribution in [3.63, 3.8) is 0 Å². The van der Waals surface area contributed by atoms with E-state index in [2.05, 4.69) is 10.3 Å². The van der Waals surface area contributed by atoms with Gasteiger partial charge in [0, 0.05) is 11.8 Å². The Bertz CT molecular complexity index is 925. The molecule has 1 aromatic heterocycles. The normalized spacial score (nSPS) is 16.8. The van der Waals surface area contributed by atoms with E-state index in [-0.39, 0.29) is 11.9 Å². The van der Waals surface area contributed by atoms with E-state index in [1.54, 1.807) is 29.2 Å². The average molecular weight is 352 g/mol. The lowest BCUT2D eigenvalue weighted by Gasteiger charge is -2.14. The summed E-state index contributed by atoms with van der Waals surface area (Å²) in [5, 5.41) is 7.59. The lowest BCUT2D eigenvalue weighted by Crippen LogP contribution is -2.26. The van der Waals surface area contributed by atoms with E-state index >= 15 is 0 Å². The molecule has 7 heteroatoms. The van der Waals surface area contributed by atoms with Gasteiger partial charge in [-0.1, -0.05) is 35.0 Å². The molecule has 1 aliphatic heterocycles. The summed E-state index contributed by atoms with van der Waals surface area (Å²) < 4.78 is 21.6. The van der Waals surface area contributed by atoms with Gasteiger partial charge >= 0.3 is 6.09 Å². The van der Waals surface area contributed by atoms with Crippen LogP contribution >= 0.6 is 0 Å². The van der Waals surface area contributed by atoms with Crippen LogP contribution in [0.5, 0.6) is 0 Å². The quantitative estimate of drug-likeness (QED) is 0.722. The molecule has 6 nitrogen and oxygen atoms in total. The van der Waals surface area contributed by atoms with E-state index in [0.29, 0.717) is 24.3 Å². The molecular weight excluding hydrogens is 335 g/mol. The summed E-state index contributed by atoms with van der Waals surface area (Å²) in [6.07, 6.45) is 2.42. The van der Waals surface area contributed by atoms with Gasteiger partial charge in [-0.05, 0) is 30.7 Å². The third-order valence-electron chi connectivity index (χ3n) is 4.36. The molecule has 0 N–H and O–H groups in total. The minimum atomic E-state index is -0.488. The fourth-order valence-corrected chi connectivity index (χ4v) is 3.01. The molecule has 3 aromatic rings. The molecule has 1 atom stereocenters. The Kier molecular flexibility index (Phi) is 4.12. The smallest absolute Gasteiger partial charge is 0.414 e. The molecule has 0 unspecified atom stereocenters. The maximum absolute atomic E-state index is 14.6. The second-order valence-electron chi connectivity index (χ2n) is 6.27. The molecule has 1 saturated heterocycles. The monoisotopic (exact) mass is 352 g/mol. The van der Waals surface area contributed by atoms with Crippen molar-refractivity contribution in [3.05, 3.63) is 66.2 Å². The lowest BCUT2D eigenvalue weighted by molar-refractivity contribution is 0.129. The molecule has 1 aliphatic rings. The number of hydrogen-bond donors (Lipinski definition) is 0. The largest absolute Gasteiger partial charge is 0.442 e. The van der Waals surface area contributed by atoms with Crippen molar-refractivity contribution in [1.29, 1.82) is 0 Å². The number of hydrogen-bond acceptors (Lipinski definition) is 4. The molecular formula is C19H17FN4O2. The first-order chi connectivity index (χ1) is 12.6. The number of cyclic esters (lactones) is 1. The van der Waals surface area contributed by atoms with Crippen LogP contribution < -0.4 is 4.90 Å². The molecule has 2 aromatic carbocycles. The number of benzene rings is 2. The summed E-state index contributed by atoms with van der Waals surface area (Å²) in [6, 6.07) is 12.4. The van der Waals surface area contributed by atoms with Crippen LogP contribution in [0.2, 0.25) is 0 Å². The Morgan fingerprint density at radius 2 is 2.04 bits per heavy atom. The molecule has 0 aliphatic carbocycles. The number of amides is 1. The Hall–Kier alpha value is -3.22. The number of aromatic nitrogens is 3. The third kappa shape index (κ3) is 3.15. The summed E-state index contributed by atoms with van der Waals surface area (Å²) in [6.45, 7) is 2.73. The number of rotatable bonds is 4. The summed E-state index contributed by atoms with van der Waals surface area (Å²) in [5.74, 6) is -0.376. The van der Waals surface area contributed by atoms with Gasteiger partial charge in [0.25, 0.3) is 0 Å². The topological polar surface area (TPSA) is 60.3 Å². The zero-order chi connectivity index (χ0) is 18.1. The highest BCUT2D eigenvalue weighted by atomic mass is 19.1. The number of anilines is 1. The summed E-state index contributed by atoms with van der Waals surface area (Å²) in [5.41, 5.74) is 2.89. The van der Waals surface area contributed by atoms with E-state index in [1.807, 2.05) is 31.2 Å². The van der Waals surface area contributed by atoms with Crippen molar-refractivity contribution >= 4 is 11.8 Å². The average Bonchev–Trinajstić information content (AvgIpc) is 3.26. The zero-order valence-electron chi connectivity index (χ0n) is 14.2. The molecule has 1 amide bonds. The molecule has 0 saturated carbocycles. The van der Waals surface area contributed by atoms with Crippen LogP contribution in [0.25, 0.3) is 11.1 Å². The SMILES string of the molecule is Cc1ccc(-c2ccc(N3C[C@H](Cn4ccnn4)OC3=O)cc2F)cc1. The first-order valence-corrected chi connectivity index (χ1v) is 8.29. The van der Waals surface area contributed by atoms with Crippen molar-refractivity contribution < 1.29 is 13.9 Å². The molecule has 0 radical (unpaired) electrons. The van der Waals surface area contributed by atoms with Crippen LogP contribution in [0.4, 0.5) is 14.9 Å². The molecule has 4 rings (SSSR count). The number of ether oxygens (including phenoxy) is 1. The molecule has 26 heavy (non-hydrogen) atoms. The molecule has 0 bridgehead atoms. The van der Waals surface area contributed by atoms with Gasteiger partial charge in [0.15, 0.2) is 0 Å². The Morgan fingerprint density at radius 1 is 1.23 bits per heavy atom. The number of carbonyl (C=O) groups excluding carboxylic acids is 1. The van der Waals surface area contributed by atoms with Gasteiger partial charge in [-0.3, -0.25) is 4.90 Å². The Labute approximate surface area is 149 Å². The van der Waals surface area contributed by atoms with Gasteiger partial charge in [0.2, 0.25) is 0 Å². The highest BCUT2D eigenvalue weighted by Gasteiger charge is 2.33. The first-order valence-electron chi connectivity index (χ1n) is 8.29. The van der Waals surface area contributed by atoms with Gasteiger partial charge in [-0.15, -0.1) is 5.10 Å². The first kappa shape index (κ1) is 16.3. The number of aryl methyl sites for hydroxylation is 1. The minimum absolute atomic E-state index is 0.335. The zero-order valence-corrected chi connectivity index (χ0v) is 14.2. The second-order valence-corrected chi connectivity index (χ2v) is 6.27. The van der Waals surface area contributed by atoms with E-state index < -0.39 is 6.09 Å². The predicted molar refractivity (Wildman–Crippen MR) is 94.2 cm³/mol. The minimum Gasteiger partial charge on any atom is -0.442 e. The molecule has 1 fully saturated rings. The van der Waals surface area contributed by atoms with E-state index in [0.717, 1.165) is 11.1 Å². The van der Waals surface area contributed by atoms with Gasteiger partial charge < -0.3 is 4.74 Å². The summed E-state index contributed by atoms with van der Waals surface area (Å²) >= 11 is 0. The van der Waals surface area contributed by atoms with Gasteiger partial charge in [0.05, 0.1) is 25.0 Å². The van der Waals surface area contributed by atoms with Crippen LogP contribution in [-0.2, 0) is 11.3 Å². The highest BCUT2D eigenvalue weighted by molar-refractivity contribution is 5.90. The van der Waals surface area contributed by atoms with E-state index in [4.69, 9.17) is 4.74 Å². The Morgan fingerprint density at radius 3 is 2.73 bits per heavy atom. The fraction of sp³-hybridized carbons (Fsp3) is 0.211. The fourth-order valence-electron chi connectivity index (χ4n) is 3.01. The molecule has 132 valence electrons. The van der Waals surface area contributed by atoms with Crippen LogP contribution in [0, 0.1) is 12.7 Å². The van der Waals surface area contributed by atoms with Crippen LogP contribution in [0.1, 0.15) is 5.56 Å². The van der Waals surface area contributed by atoms with Gasteiger partial charge in [-0.25, -0.2) is 13.9 Å². The van der Waals surface area contributed by atoms with Gasteiger partial charge in [0.1, 0.15) is 11.9 Å². The van der Waals surface area contributed by atoms with Crippen molar-refractivity contribution in [2.24, 2.45) is 0 Å². The predicted octanol–water partition coefficient (Wildman–Crippen LogP) is 3.42. The summed E-state index contributed by atoms with van der Waals surface area (Å²) in [7, 11) is 0. The van der Waals surface area contributed by atoms with E-state index in [9.17, 15) is 9.18 Å². The van der Waals surface area contributed by atoms with Crippen molar-refractivity contribution in [2.45, 2.75) is 19.6 Å². The van der Waals surface area contributed by atoms with E-state index in [1.165, 1.54) is 11.0 Å². The number of carbonyl (C=O) groups is 1. The van der Waals surface area contributed by atoms with Crippen molar-refractivity contribution in [3.8, 4) is 11.1 Å². The number of nitrogens with zero attached hydrogens (tertiary/aromatic N) is 4. The van der Waals surface area contributed by atoms with Crippen LogP contribution in [0.3, 0.4) is 0 Å². The van der Waals surface area contributed by atoms with Crippen molar-refractivity contribution in [2.75, 3.05) is 11.4 Å². The highest BCUT2D eigenvalue weighted by Crippen LogP contribution is 2.29. The maximum Gasteiger partial charge on any atom is 0.414 e. The summed E-state index contributed by atoms with van der Waals surface area (Å²) in [4.78, 5) is 13.6. The maximum atomic E-state index is 14.6. The standard InChI is InChI=1S/C19H17FN4O2/c1-13-2-4-14(5-3-13)17-7-6-15(10-18(17)20)24-12-16(26-19(24)25)11-23-9-8-21-22-23/h2-10,16H,11-12H2,1H3/t16-/m0/s1. The van der Waals surface area contributed by atoms with Crippen LogP contribution in [-0.4, -0.2) is 33.7 Å². The second kappa shape index (κ2) is 6.59. The lowest BCUT2D eigenvalue weighted by atomic mass is 10.0. The number of halogens is 1. The molecule has 0 spiro atoms. The van der Waals surface area contributed by atoms with Gasteiger partial charge in [-0.2, -0.15) is 0 Å². The molecule has 2 heterocycles. The van der Waals surface area contributed by atoms with Crippen LogP contribution in [0.15, 0.2) is 54.9 Å². The third-order valence-corrected chi connectivity index (χ3v) is 4.36. The Balaban J connectivity index is 1.53. The van der Waals surface area contributed by atoms with Crippen molar-refractivity contribution in [1.82, 2.24) is 15.0 Å².